The number of amides is 2. The van der Waals surface area contributed by atoms with Crippen molar-refractivity contribution in [3.63, 3.8) is 0 Å². The first-order chi connectivity index (χ1) is 10.5. The zero-order valence-corrected chi connectivity index (χ0v) is 12.5. The van der Waals surface area contributed by atoms with Crippen molar-refractivity contribution in [1.82, 2.24) is 5.32 Å². The number of rotatable bonds is 3. The Morgan fingerprint density at radius 3 is 2.18 bits per heavy atom. The van der Waals surface area contributed by atoms with Crippen molar-refractivity contribution < 1.29 is 14.7 Å². The van der Waals surface area contributed by atoms with Gasteiger partial charge in [-0.3, -0.25) is 9.59 Å². The second-order valence-corrected chi connectivity index (χ2v) is 5.08. The molecule has 2 aromatic carbocycles. The van der Waals surface area contributed by atoms with Crippen LogP contribution in [0.5, 0.6) is 5.75 Å². The number of hydrogen-bond acceptors (Lipinski definition) is 3. The summed E-state index contributed by atoms with van der Waals surface area (Å²) in [5.41, 5.74) is 2.85. The van der Waals surface area contributed by atoms with E-state index in [0.29, 0.717) is 23.4 Å². The number of carbonyl (C=O) groups is 2. The van der Waals surface area contributed by atoms with Gasteiger partial charge in [0, 0.05) is 12.2 Å². The fraction of sp³-hybridized carbons (Fsp3) is 0.176. The number of aryl methyl sites for hydroxylation is 2. The van der Waals surface area contributed by atoms with Crippen LogP contribution in [0, 0.1) is 13.8 Å². The fourth-order valence-electron chi connectivity index (χ4n) is 2.17. The maximum atomic E-state index is 11.9. The Morgan fingerprint density at radius 2 is 1.59 bits per heavy atom. The van der Waals surface area contributed by atoms with Gasteiger partial charge in [0.1, 0.15) is 5.75 Å². The highest BCUT2D eigenvalue weighted by atomic mass is 16.3. The topological polar surface area (TPSA) is 78.4 Å². The van der Waals surface area contributed by atoms with Crippen LogP contribution in [0.2, 0.25) is 0 Å². The highest BCUT2D eigenvalue weighted by Gasteiger charge is 2.16. The minimum Gasteiger partial charge on any atom is -0.508 e. The van der Waals surface area contributed by atoms with E-state index in [2.05, 4.69) is 10.6 Å². The Balaban J connectivity index is 1.99. The third-order valence-corrected chi connectivity index (χ3v) is 3.26. The Bertz CT molecular complexity index is 673. The average Bonchev–Trinajstić information content (AvgIpc) is 2.49. The molecule has 0 unspecified atom stereocenters. The van der Waals surface area contributed by atoms with Gasteiger partial charge in [-0.2, -0.15) is 0 Å². The van der Waals surface area contributed by atoms with Crippen LogP contribution in [0.1, 0.15) is 16.7 Å². The van der Waals surface area contributed by atoms with Gasteiger partial charge in [-0.05, 0) is 42.7 Å². The summed E-state index contributed by atoms with van der Waals surface area (Å²) < 4.78 is 0. The van der Waals surface area contributed by atoms with Crippen molar-refractivity contribution in [3.05, 3.63) is 59.2 Å². The first-order valence-electron chi connectivity index (χ1n) is 6.90. The summed E-state index contributed by atoms with van der Waals surface area (Å²) in [6.45, 7) is 3.80. The second-order valence-electron chi connectivity index (χ2n) is 5.08. The minimum absolute atomic E-state index is 0.126. The van der Waals surface area contributed by atoms with Crippen molar-refractivity contribution >= 4 is 17.5 Å². The minimum atomic E-state index is -0.729. The van der Waals surface area contributed by atoms with Crippen molar-refractivity contribution in [2.24, 2.45) is 0 Å². The summed E-state index contributed by atoms with van der Waals surface area (Å²) >= 11 is 0. The third-order valence-electron chi connectivity index (χ3n) is 3.26. The summed E-state index contributed by atoms with van der Waals surface area (Å²) in [4.78, 5) is 23.8. The maximum absolute atomic E-state index is 11.9. The quantitative estimate of drug-likeness (QED) is 0.601. The van der Waals surface area contributed by atoms with Crippen LogP contribution in [0.3, 0.4) is 0 Å². The van der Waals surface area contributed by atoms with E-state index in [0.717, 1.165) is 5.56 Å². The van der Waals surface area contributed by atoms with Crippen LogP contribution in [0.4, 0.5) is 5.69 Å². The molecule has 2 rings (SSSR count). The van der Waals surface area contributed by atoms with Crippen molar-refractivity contribution in [2.75, 3.05) is 5.32 Å². The Morgan fingerprint density at radius 1 is 1.00 bits per heavy atom. The number of carbonyl (C=O) groups excluding carboxylic acids is 2. The van der Waals surface area contributed by atoms with Crippen LogP contribution in [0.25, 0.3) is 0 Å². The van der Waals surface area contributed by atoms with Gasteiger partial charge in [0.15, 0.2) is 0 Å². The van der Waals surface area contributed by atoms with Crippen LogP contribution in [-0.2, 0) is 16.1 Å². The zero-order valence-electron chi connectivity index (χ0n) is 12.5. The lowest BCUT2D eigenvalue weighted by Gasteiger charge is -2.12. The SMILES string of the molecule is Cc1cc(O)cc(C)c1NC(=O)C(=O)NCc1ccccc1. The van der Waals surface area contributed by atoms with Gasteiger partial charge in [-0.25, -0.2) is 0 Å². The Kier molecular flexibility index (Phi) is 4.78. The van der Waals surface area contributed by atoms with E-state index in [9.17, 15) is 14.7 Å². The van der Waals surface area contributed by atoms with E-state index < -0.39 is 11.8 Å². The fourth-order valence-corrected chi connectivity index (χ4v) is 2.17. The van der Waals surface area contributed by atoms with E-state index in [4.69, 9.17) is 0 Å². The number of benzene rings is 2. The first-order valence-corrected chi connectivity index (χ1v) is 6.90. The molecule has 0 atom stereocenters. The van der Waals surface area contributed by atoms with Crippen LogP contribution < -0.4 is 10.6 Å². The molecule has 2 amide bonds. The van der Waals surface area contributed by atoms with E-state index in [1.165, 1.54) is 12.1 Å². The van der Waals surface area contributed by atoms with Gasteiger partial charge in [0.05, 0.1) is 0 Å². The molecule has 0 aliphatic rings. The smallest absolute Gasteiger partial charge is 0.313 e. The molecule has 0 bridgehead atoms. The third kappa shape index (κ3) is 3.85. The van der Waals surface area contributed by atoms with E-state index >= 15 is 0 Å². The molecule has 114 valence electrons. The maximum Gasteiger partial charge on any atom is 0.313 e. The average molecular weight is 298 g/mol. The highest BCUT2D eigenvalue weighted by Crippen LogP contribution is 2.25. The number of aromatic hydroxyl groups is 1. The summed E-state index contributed by atoms with van der Waals surface area (Å²) in [7, 11) is 0. The number of hydrogen-bond donors (Lipinski definition) is 3. The summed E-state index contributed by atoms with van der Waals surface area (Å²) in [5.74, 6) is -1.30. The molecule has 0 heterocycles. The van der Waals surface area contributed by atoms with E-state index in [1.807, 2.05) is 30.3 Å². The lowest BCUT2D eigenvalue weighted by molar-refractivity contribution is -0.136. The van der Waals surface area contributed by atoms with Gasteiger partial charge in [0.25, 0.3) is 0 Å². The van der Waals surface area contributed by atoms with Gasteiger partial charge in [-0.1, -0.05) is 30.3 Å². The highest BCUT2D eigenvalue weighted by molar-refractivity contribution is 6.39. The molecule has 0 aliphatic heterocycles. The largest absolute Gasteiger partial charge is 0.508 e. The lowest BCUT2D eigenvalue weighted by Crippen LogP contribution is -2.35. The molecule has 0 aliphatic carbocycles. The molecule has 3 N–H and O–H groups in total. The van der Waals surface area contributed by atoms with Gasteiger partial charge >= 0.3 is 11.8 Å². The molecule has 2 aromatic rings. The predicted molar refractivity (Wildman–Crippen MR) is 84.5 cm³/mol. The molecule has 0 saturated carbocycles. The molecular formula is C17H18N2O3. The molecule has 5 nitrogen and oxygen atoms in total. The van der Waals surface area contributed by atoms with Gasteiger partial charge < -0.3 is 15.7 Å². The van der Waals surface area contributed by atoms with E-state index in [1.54, 1.807) is 13.8 Å². The molecular weight excluding hydrogens is 280 g/mol. The standard InChI is InChI=1S/C17H18N2O3/c1-11-8-14(20)9-12(2)15(11)19-17(22)16(21)18-10-13-6-4-3-5-7-13/h3-9,20H,10H2,1-2H3,(H,18,21)(H,19,22). The van der Waals surface area contributed by atoms with Gasteiger partial charge in [-0.15, -0.1) is 0 Å². The second kappa shape index (κ2) is 6.76. The molecule has 22 heavy (non-hydrogen) atoms. The van der Waals surface area contributed by atoms with Crippen molar-refractivity contribution in [1.29, 1.82) is 0 Å². The lowest BCUT2D eigenvalue weighted by atomic mass is 10.1. The summed E-state index contributed by atoms with van der Waals surface area (Å²) in [6, 6.07) is 12.4. The van der Waals surface area contributed by atoms with Crippen molar-refractivity contribution in [2.45, 2.75) is 20.4 Å². The van der Waals surface area contributed by atoms with E-state index in [-0.39, 0.29) is 5.75 Å². The Labute approximate surface area is 129 Å². The summed E-state index contributed by atoms with van der Waals surface area (Å²) in [6.07, 6.45) is 0. The molecule has 0 saturated heterocycles. The molecule has 0 radical (unpaired) electrons. The Hall–Kier alpha value is -2.82. The number of nitrogens with one attached hydrogen (secondary N) is 2. The zero-order chi connectivity index (χ0) is 16.1. The number of phenolic OH excluding ortho intramolecular Hbond substituents is 1. The number of phenols is 1. The van der Waals surface area contributed by atoms with Crippen LogP contribution in [0.15, 0.2) is 42.5 Å². The predicted octanol–water partition coefficient (Wildman–Crippen LogP) is 2.26. The molecule has 0 aromatic heterocycles. The van der Waals surface area contributed by atoms with Crippen LogP contribution in [-0.4, -0.2) is 16.9 Å². The molecule has 0 fully saturated rings. The van der Waals surface area contributed by atoms with Gasteiger partial charge in [0.2, 0.25) is 0 Å². The van der Waals surface area contributed by atoms with Crippen molar-refractivity contribution in [3.8, 4) is 5.75 Å². The normalized spacial score (nSPS) is 10.1. The van der Waals surface area contributed by atoms with Crippen LogP contribution >= 0.6 is 0 Å². The summed E-state index contributed by atoms with van der Waals surface area (Å²) in [5, 5.41) is 14.6. The number of anilines is 1. The molecule has 0 spiro atoms. The monoisotopic (exact) mass is 298 g/mol. The molecule has 5 heteroatoms. The first kappa shape index (κ1) is 15.6.